The fourth-order valence-electron chi connectivity index (χ4n) is 1.26. The average Bonchev–Trinajstić information content (AvgIpc) is 2.69. The van der Waals surface area contributed by atoms with Crippen LogP contribution in [0.25, 0.3) is 0 Å². The summed E-state index contributed by atoms with van der Waals surface area (Å²) >= 11 is 0. The van der Waals surface area contributed by atoms with Crippen LogP contribution in [0.4, 0.5) is 5.82 Å². The summed E-state index contributed by atoms with van der Waals surface area (Å²) in [6.07, 6.45) is 3.30. The van der Waals surface area contributed by atoms with Crippen LogP contribution in [0.3, 0.4) is 0 Å². The first kappa shape index (κ1) is 9.32. The monoisotopic (exact) mass is 206 g/mol. The fraction of sp³-hybridized carbons (Fsp3) is 0.111. The van der Waals surface area contributed by atoms with E-state index in [-0.39, 0.29) is 5.56 Å². The maximum absolute atomic E-state index is 10.9. The van der Waals surface area contributed by atoms with Gasteiger partial charge in [-0.05, 0) is 19.1 Å². The van der Waals surface area contributed by atoms with Crippen LogP contribution in [-0.2, 0) is 0 Å². The lowest BCUT2D eigenvalue weighted by atomic mass is 10.2. The highest BCUT2D eigenvalue weighted by Crippen LogP contribution is 2.16. The van der Waals surface area contributed by atoms with Crippen molar-refractivity contribution < 1.29 is 9.90 Å². The molecule has 2 rings (SSSR count). The van der Waals surface area contributed by atoms with E-state index < -0.39 is 5.97 Å². The molecule has 1 aromatic heterocycles. The molecule has 0 fully saturated rings. The number of hydrogen-bond acceptors (Lipinski definition) is 5. The van der Waals surface area contributed by atoms with Crippen LogP contribution in [-0.4, -0.2) is 16.1 Å². The zero-order valence-corrected chi connectivity index (χ0v) is 8.06. The topological polar surface area (TPSA) is 77.5 Å². The Morgan fingerprint density at radius 1 is 1.40 bits per heavy atom. The Bertz CT molecular complexity index is 422. The van der Waals surface area contributed by atoms with E-state index in [4.69, 9.17) is 5.11 Å². The highest BCUT2D eigenvalue weighted by Gasteiger charge is 2.18. The number of carboxylic acid groups (broad SMARTS) is 1. The van der Waals surface area contributed by atoms with Crippen LogP contribution in [0.5, 0.6) is 0 Å². The summed E-state index contributed by atoms with van der Waals surface area (Å²) in [6.45, 7) is 1.80. The minimum atomic E-state index is -1.01. The molecule has 0 saturated carbocycles. The van der Waals surface area contributed by atoms with Crippen molar-refractivity contribution in [2.24, 2.45) is 0 Å². The second-order valence-corrected chi connectivity index (χ2v) is 3.06. The van der Waals surface area contributed by atoms with Gasteiger partial charge in [-0.15, -0.1) is 0 Å². The molecule has 15 heavy (non-hydrogen) atoms. The molecule has 1 aromatic rings. The Labute approximate surface area is 86.2 Å². The van der Waals surface area contributed by atoms with Gasteiger partial charge in [0.05, 0.1) is 0 Å². The molecule has 6 heteroatoms. The van der Waals surface area contributed by atoms with E-state index in [0.29, 0.717) is 5.82 Å². The lowest BCUT2D eigenvalue weighted by Gasteiger charge is -2.19. The molecule has 6 nitrogen and oxygen atoms in total. The average molecular weight is 206 g/mol. The van der Waals surface area contributed by atoms with E-state index in [2.05, 4.69) is 15.8 Å². The third-order valence-corrected chi connectivity index (χ3v) is 1.95. The van der Waals surface area contributed by atoms with Gasteiger partial charge in [-0.3, -0.25) is 10.9 Å². The van der Waals surface area contributed by atoms with Crippen molar-refractivity contribution in [1.82, 2.24) is 15.8 Å². The maximum atomic E-state index is 10.9. The minimum absolute atomic E-state index is 0.143. The molecule has 0 radical (unpaired) electrons. The third kappa shape index (κ3) is 1.69. The molecule has 2 heterocycles. The standard InChI is InChI=1S/C9H10N4O2/c1-6-2-3-7(9(14)15)8(12-6)13-10-4-5-11-13/h2-5,10-11H,1H3,(H,14,15). The summed E-state index contributed by atoms with van der Waals surface area (Å²) in [4.78, 5) is 15.1. The van der Waals surface area contributed by atoms with Gasteiger partial charge in [-0.2, -0.15) is 5.12 Å². The summed E-state index contributed by atoms with van der Waals surface area (Å²) in [7, 11) is 0. The number of nitrogens with zero attached hydrogens (tertiary/aromatic N) is 2. The van der Waals surface area contributed by atoms with Crippen LogP contribution in [0, 0.1) is 6.92 Å². The molecule has 0 saturated heterocycles. The number of aromatic carboxylic acids is 1. The molecule has 0 bridgehead atoms. The van der Waals surface area contributed by atoms with Crippen molar-refractivity contribution in [2.75, 3.05) is 5.12 Å². The molecule has 0 amide bonds. The number of pyridine rings is 1. The summed E-state index contributed by atoms with van der Waals surface area (Å²) in [5, 5.41) is 10.4. The van der Waals surface area contributed by atoms with E-state index in [0.717, 1.165) is 5.69 Å². The molecular formula is C9H10N4O2. The molecule has 0 spiro atoms. The molecule has 0 unspecified atom stereocenters. The Kier molecular flexibility index (Phi) is 2.17. The van der Waals surface area contributed by atoms with Crippen molar-refractivity contribution >= 4 is 11.8 Å². The first-order chi connectivity index (χ1) is 7.18. The van der Waals surface area contributed by atoms with Gasteiger partial charge in [0.25, 0.3) is 0 Å². The number of aromatic nitrogens is 1. The van der Waals surface area contributed by atoms with Gasteiger partial charge in [0.1, 0.15) is 5.56 Å². The largest absolute Gasteiger partial charge is 0.478 e. The van der Waals surface area contributed by atoms with E-state index in [9.17, 15) is 4.79 Å². The summed E-state index contributed by atoms with van der Waals surface area (Å²) < 4.78 is 0. The van der Waals surface area contributed by atoms with Gasteiger partial charge < -0.3 is 5.11 Å². The fourth-order valence-corrected chi connectivity index (χ4v) is 1.26. The van der Waals surface area contributed by atoms with Gasteiger partial charge in [0.15, 0.2) is 5.82 Å². The normalized spacial score (nSPS) is 13.5. The van der Waals surface area contributed by atoms with Gasteiger partial charge in [0.2, 0.25) is 0 Å². The first-order valence-corrected chi connectivity index (χ1v) is 4.37. The highest BCUT2D eigenvalue weighted by atomic mass is 16.4. The zero-order valence-electron chi connectivity index (χ0n) is 8.06. The lowest BCUT2D eigenvalue weighted by Crippen LogP contribution is -2.39. The van der Waals surface area contributed by atoms with Crippen molar-refractivity contribution in [2.45, 2.75) is 6.92 Å². The molecule has 3 N–H and O–H groups in total. The zero-order chi connectivity index (χ0) is 10.8. The predicted molar refractivity (Wildman–Crippen MR) is 53.8 cm³/mol. The van der Waals surface area contributed by atoms with Crippen molar-refractivity contribution in [3.63, 3.8) is 0 Å². The number of aryl methyl sites for hydroxylation is 1. The first-order valence-electron chi connectivity index (χ1n) is 4.37. The van der Waals surface area contributed by atoms with E-state index in [1.165, 1.54) is 11.2 Å². The molecular weight excluding hydrogens is 196 g/mol. The number of hydrazine groups is 2. The van der Waals surface area contributed by atoms with Crippen molar-refractivity contribution in [3.8, 4) is 0 Å². The second kappa shape index (κ2) is 3.49. The number of carbonyl (C=O) groups is 1. The molecule has 0 aliphatic carbocycles. The van der Waals surface area contributed by atoms with Gasteiger partial charge in [0, 0.05) is 18.1 Å². The van der Waals surface area contributed by atoms with E-state index >= 15 is 0 Å². The number of carboxylic acids is 1. The molecule has 1 aliphatic heterocycles. The van der Waals surface area contributed by atoms with E-state index in [1.807, 2.05) is 0 Å². The van der Waals surface area contributed by atoms with E-state index in [1.54, 1.807) is 25.4 Å². The molecule has 0 atom stereocenters. The SMILES string of the molecule is Cc1ccc(C(=O)O)c(N2NC=CN2)n1. The van der Waals surface area contributed by atoms with Crippen LogP contribution in [0.15, 0.2) is 24.5 Å². The Hall–Kier alpha value is -2.24. The van der Waals surface area contributed by atoms with Crippen LogP contribution in [0.1, 0.15) is 16.1 Å². The number of nitrogens with one attached hydrogen (secondary N) is 2. The smallest absolute Gasteiger partial charge is 0.339 e. The Balaban J connectivity index is 2.42. The quantitative estimate of drug-likeness (QED) is 0.649. The Morgan fingerprint density at radius 3 is 2.67 bits per heavy atom. The molecule has 0 aromatic carbocycles. The number of rotatable bonds is 2. The van der Waals surface area contributed by atoms with Crippen LogP contribution in [0.2, 0.25) is 0 Å². The predicted octanol–water partition coefficient (Wildman–Crippen LogP) is 0.389. The number of anilines is 1. The van der Waals surface area contributed by atoms with Crippen molar-refractivity contribution in [3.05, 3.63) is 35.8 Å². The molecule has 1 aliphatic rings. The maximum Gasteiger partial charge on any atom is 0.339 e. The second-order valence-electron chi connectivity index (χ2n) is 3.06. The third-order valence-electron chi connectivity index (χ3n) is 1.95. The minimum Gasteiger partial charge on any atom is -0.478 e. The van der Waals surface area contributed by atoms with Gasteiger partial charge in [-0.25, -0.2) is 9.78 Å². The number of hydrogen-bond donors (Lipinski definition) is 3. The van der Waals surface area contributed by atoms with Crippen molar-refractivity contribution in [1.29, 1.82) is 0 Å². The summed E-state index contributed by atoms with van der Waals surface area (Å²) in [5.41, 5.74) is 6.52. The summed E-state index contributed by atoms with van der Waals surface area (Å²) in [5.74, 6) is -0.666. The molecule has 78 valence electrons. The highest BCUT2D eigenvalue weighted by molar-refractivity contribution is 5.93. The summed E-state index contributed by atoms with van der Waals surface area (Å²) in [6, 6.07) is 3.19. The van der Waals surface area contributed by atoms with Gasteiger partial charge in [-0.1, -0.05) is 0 Å². The Morgan fingerprint density at radius 2 is 2.07 bits per heavy atom. The van der Waals surface area contributed by atoms with Crippen LogP contribution >= 0.6 is 0 Å². The van der Waals surface area contributed by atoms with Gasteiger partial charge >= 0.3 is 5.97 Å². The lowest BCUT2D eigenvalue weighted by molar-refractivity contribution is 0.0697. The van der Waals surface area contributed by atoms with Crippen LogP contribution < -0.4 is 16.0 Å².